The fraction of sp³-hybridized carbons (Fsp3) is 0.429. The molecule has 0 bridgehead atoms. The average Bonchev–Trinajstić information content (AvgIpc) is 3.11. The van der Waals surface area contributed by atoms with E-state index in [0.29, 0.717) is 12.2 Å². The molecule has 3 heterocycles. The Labute approximate surface area is 164 Å². The number of benzene rings is 1. The number of aryl methyl sites for hydroxylation is 1. The van der Waals surface area contributed by atoms with Crippen LogP contribution in [0, 0.1) is 12.8 Å². The van der Waals surface area contributed by atoms with Crippen molar-refractivity contribution in [3.63, 3.8) is 0 Å². The van der Waals surface area contributed by atoms with Crippen LogP contribution in [-0.4, -0.2) is 38.7 Å². The predicted molar refractivity (Wildman–Crippen MR) is 109 cm³/mol. The summed E-state index contributed by atoms with van der Waals surface area (Å²) in [5.74, 6) is 1.59. The predicted octanol–water partition coefficient (Wildman–Crippen LogP) is 2.69. The van der Waals surface area contributed by atoms with Crippen molar-refractivity contribution in [3.8, 4) is 0 Å². The highest BCUT2D eigenvalue weighted by Gasteiger charge is 2.21. The van der Waals surface area contributed by atoms with Crippen LogP contribution < -0.4 is 10.2 Å². The maximum Gasteiger partial charge on any atom is 0.242 e. The standard InChI is InChI=1S/C21H26N6O/c1-15-3-5-17(6-4-15)11-22-19(28)13-27-21-18(12-25-27)20(23-14-24-21)26-9-7-16(2)8-10-26/h3-6,12,14,16H,7-11,13H2,1-2H3,(H,22,28). The van der Waals surface area contributed by atoms with Crippen LogP contribution in [0.1, 0.15) is 30.9 Å². The number of piperidine rings is 1. The number of carbonyl (C=O) groups is 1. The minimum absolute atomic E-state index is 0.0856. The van der Waals surface area contributed by atoms with Crippen molar-refractivity contribution < 1.29 is 4.79 Å². The number of carbonyl (C=O) groups excluding carboxylic acids is 1. The van der Waals surface area contributed by atoms with Crippen molar-refractivity contribution in [2.45, 2.75) is 39.8 Å². The number of hydrogen-bond donors (Lipinski definition) is 1. The first-order chi connectivity index (χ1) is 13.6. The van der Waals surface area contributed by atoms with Crippen LogP contribution in [0.5, 0.6) is 0 Å². The van der Waals surface area contributed by atoms with E-state index >= 15 is 0 Å². The Kier molecular flexibility index (Phi) is 5.23. The van der Waals surface area contributed by atoms with Crippen LogP contribution in [0.15, 0.2) is 36.8 Å². The molecule has 0 saturated carbocycles. The molecule has 0 atom stereocenters. The van der Waals surface area contributed by atoms with E-state index in [2.05, 4.69) is 32.2 Å². The van der Waals surface area contributed by atoms with E-state index in [1.807, 2.05) is 31.2 Å². The van der Waals surface area contributed by atoms with Gasteiger partial charge in [-0.15, -0.1) is 0 Å². The highest BCUT2D eigenvalue weighted by molar-refractivity contribution is 5.87. The van der Waals surface area contributed by atoms with E-state index < -0.39 is 0 Å². The maximum absolute atomic E-state index is 12.4. The second kappa shape index (κ2) is 7.96. The summed E-state index contributed by atoms with van der Waals surface area (Å²) in [6, 6.07) is 8.14. The summed E-state index contributed by atoms with van der Waals surface area (Å²) in [6.45, 7) is 6.98. The molecule has 28 heavy (non-hydrogen) atoms. The highest BCUT2D eigenvalue weighted by atomic mass is 16.2. The van der Waals surface area contributed by atoms with E-state index in [0.717, 1.165) is 35.8 Å². The van der Waals surface area contributed by atoms with Gasteiger partial charge in [-0.1, -0.05) is 36.8 Å². The number of rotatable bonds is 5. The van der Waals surface area contributed by atoms with Crippen molar-refractivity contribution in [1.29, 1.82) is 0 Å². The molecule has 1 aliphatic heterocycles. The molecule has 4 rings (SSSR count). The Morgan fingerprint density at radius 2 is 1.93 bits per heavy atom. The Hall–Kier alpha value is -2.96. The zero-order valence-electron chi connectivity index (χ0n) is 16.4. The van der Waals surface area contributed by atoms with Crippen LogP contribution in [0.3, 0.4) is 0 Å². The van der Waals surface area contributed by atoms with Gasteiger partial charge < -0.3 is 10.2 Å². The van der Waals surface area contributed by atoms with Crippen LogP contribution in [0.2, 0.25) is 0 Å². The van der Waals surface area contributed by atoms with Crippen molar-refractivity contribution >= 4 is 22.8 Å². The first-order valence-corrected chi connectivity index (χ1v) is 9.84. The number of anilines is 1. The zero-order valence-corrected chi connectivity index (χ0v) is 16.4. The molecule has 0 spiro atoms. The molecular formula is C21H26N6O. The molecule has 1 N–H and O–H groups in total. The van der Waals surface area contributed by atoms with Gasteiger partial charge in [0.2, 0.25) is 5.91 Å². The lowest BCUT2D eigenvalue weighted by molar-refractivity contribution is -0.121. The summed E-state index contributed by atoms with van der Waals surface area (Å²) in [7, 11) is 0. The lowest BCUT2D eigenvalue weighted by atomic mass is 9.99. The van der Waals surface area contributed by atoms with Crippen molar-refractivity contribution in [1.82, 2.24) is 25.1 Å². The molecule has 1 saturated heterocycles. The minimum Gasteiger partial charge on any atom is -0.356 e. The Morgan fingerprint density at radius 1 is 1.18 bits per heavy atom. The van der Waals surface area contributed by atoms with Crippen LogP contribution in [0.4, 0.5) is 5.82 Å². The molecule has 146 valence electrons. The van der Waals surface area contributed by atoms with Crippen molar-refractivity contribution in [2.75, 3.05) is 18.0 Å². The monoisotopic (exact) mass is 378 g/mol. The lowest BCUT2D eigenvalue weighted by Gasteiger charge is -2.31. The third-order valence-corrected chi connectivity index (χ3v) is 5.40. The third kappa shape index (κ3) is 3.98. The number of nitrogens with one attached hydrogen (secondary N) is 1. The zero-order chi connectivity index (χ0) is 19.5. The minimum atomic E-state index is -0.0856. The van der Waals surface area contributed by atoms with Crippen molar-refractivity contribution in [3.05, 3.63) is 47.9 Å². The second-order valence-corrected chi connectivity index (χ2v) is 7.67. The topological polar surface area (TPSA) is 75.9 Å². The number of nitrogens with zero attached hydrogens (tertiary/aromatic N) is 5. The van der Waals surface area contributed by atoms with Gasteiger partial charge in [-0.2, -0.15) is 5.10 Å². The van der Waals surface area contributed by atoms with Gasteiger partial charge in [0, 0.05) is 19.6 Å². The highest BCUT2D eigenvalue weighted by Crippen LogP contribution is 2.26. The second-order valence-electron chi connectivity index (χ2n) is 7.67. The fourth-order valence-electron chi connectivity index (χ4n) is 3.57. The normalized spacial score (nSPS) is 15.1. The number of fused-ring (bicyclic) bond motifs is 1. The molecule has 1 amide bonds. The van der Waals surface area contributed by atoms with Gasteiger partial charge in [0.1, 0.15) is 18.7 Å². The molecule has 7 heteroatoms. The Balaban J connectivity index is 1.45. The summed E-state index contributed by atoms with van der Waals surface area (Å²) >= 11 is 0. The summed E-state index contributed by atoms with van der Waals surface area (Å²) in [5, 5.41) is 8.26. The first kappa shape index (κ1) is 18.4. The van der Waals surface area contributed by atoms with E-state index in [1.165, 1.54) is 18.4 Å². The van der Waals surface area contributed by atoms with Gasteiger partial charge in [0.15, 0.2) is 5.65 Å². The Morgan fingerprint density at radius 3 is 2.68 bits per heavy atom. The van der Waals surface area contributed by atoms with Gasteiger partial charge in [-0.05, 0) is 31.2 Å². The average molecular weight is 378 g/mol. The maximum atomic E-state index is 12.4. The molecule has 1 aromatic carbocycles. The molecule has 3 aromatic rings. The van der Waals surface area contributed by atoms with Gasteiger partial charge >= 0.3 is 0 Å². The van der Waals surface area contributed by atoms with Crippen molar-refractivity contribution in [2.24, 2.45) is 5.92 Å². The first-order valence-electron chi connectivity index (χ1n) is 9.84. The van der Waals surface area contributed by atoms with Gasteiger partial charge in [-0.3, -0.25) is 4.79 Å². The summed E-state index contributed by atoms with van der Waals surface area (Å²) in [6.07, 6.45) is 5.68. The summed E-state index contributed by atoms with van der Waals surface area (Å²) in [5.41, 5.74) is 2.99. The molecule has 1 fully saturated rings. The van der Waals surface area contributed by atoms with E-state index in [9.17, 15) is 4.79 Å². The number of aromatic nitrogens is 4. The molecular weight excluding hydrogens is 352 g/mol. The summed E-state index contributed by atoms with van der Waals surface area (Å²) < 4.78 is 1.65. The van der Waals surface area contributed by atoms with Gasteiger partial charge in [0.25, 0.3) is 0 Å². The third-order valence-electron chi connectivity index (χ3n) is 5.40. The fourth-order valence-corrected chi connectivity index (χ4v) is 3.57. The van der Waals surface area contributed by atoms with E-state index in [1.54, 1.807) is 17.2 Å². The quantitative estimate of drug-likeness (QED) is 0.739. The molecule has 0 radical (unpaired) electrons. The lowest BCUT2D eigenvalue weighted by Crippen LogP contribution is -2.33. The molecule has 0 aliphatic carbocycles. The van der Waals surface area contributed by atoms with E-state index in [-0.39, 0.29) is 12.5 Å². The van der Waals surface area contributed by atoms with Crippen LogP contribution >= 0.6 is 0 Å². The number of amides is 1. The largest absolute Gasteiger partial charge is 0.356 e. The van der Waals surface area contributed by atoms with Gasteiger partial charge in [0.05, 0.1) is 11.6 Å². The van der Waals surface area contributed by atoms with Crippen LogP contribution in [-0.2, 0) is 17.9 Å². The molecule has 2 aromatic heterocycles. The summed E-state index contributed by atoms with van der Waals surface area (Å²) in [4.78, 5) is 23.6. The Bertz CT molecular complexity index is 957. The molecule has 7 nitrogen and oxygen atoms in total. The van der Waals surface area contributed by atoms with E-state index in [4.69, 9.17) is 0 Å². The molecule has 1 aliphatic rings. The van der Waals surface area contributed by atoms with Crippen LogP contribution in [0.25, 0.3) is 11.0 Å². The van der Waals surface area contributed by atoms with Gasteiger partial charge in [-0.25, -0.2) is 14.6 Å². The SMILES string of the molecule is Cc1ccc(CNC(=O)Cn2ncc3c(N4CCC(C)CC4)ncnc32)cc1. The smallest absolute Gasteiger partial charge is 0.242 e. The number of hydrogen-bond acceptors (Lipinski definition) is 5. The molecule has 0 unspecified atom stereocenters.